The lowest BCUT2D eigenvalue weighted by Crippen LogP contribution is -2.18. The molecule has 0 atom stereocenters. The van der Waals surface area contributed by atoms with Gasteiger partial charge in [-0.3, -0.25) is 9.78 Å². The molecule has 0 spiro atoms. The quantitative estimate of drug-likeness (QED) is 0.745. The predicted molar refractivity (Wildman–Crippen MR) is 53.6 cm³/mol. The van der Waals surface area contributed by atoms with E-state index in [1.807, 2.05) is 18.2 Å². The first-order valence-electron chi connectivity index (χ1n) is 4.43. The number of hydrogen-bond donors (Lipinski definition) is 2. The van der Waals surface area contributed by atoms with E-state index in [2.05, 4.69) is 15.3 Å². The maximum atomic E-state index is 10.7. The van der Waals surface area contributed by atoms with Gasteiger partial charge < -0.3 is 10.3 Å². The zero-order valence-electron chi connectivity index (χ0n) is 7.87. The molecular formula is C10H11N3O. The average Bonchev–Trinajstić information content (AvgIpc) is 2.57. The van der Waals surface area contributed by atoms with Crippen molar-refractivity contribution in [2.24, 2.45) is 0 Å². The number of amides is 1. The van der Waals surface area contributed by atoms with Gasteiger partial charge in [-0.05, 0) is 18.2 Å². The maximum absolute atomic E-state index is 10.7. The SMILES string of the molecule is CC(=O)NCc1cc2ncccc2[nH]1. The highest BCUT2D eigenvalue weighted by atomic mass is 16.1. The van der Waals surface area contributed by atoms with Gasteiger partial charge in [0, 0.05) is 18.8 Å². The minimum Gasteiger partial charge on any atom is -0.356 e. The van der Waals surface area contributed by atoms with Gasteiger partial charge in [-0.1, -0.05) is 0 Å². The second-order valence-corrected chi connectivity index (χ2v) is 3.14. The summed E-state index contributed by atoms with van der Waals surface area (Å²) in [4.78, 5) is 18.1. The van der Waals surface area contributed by atoms with Crippen molar-refractivity contribution >= 4 is 16.9 Å². The third-order valence-electron chi connectivity index (χ3n) is 1.97. The molecule has 4 heteroatoms. The van der Waals surface area contributed by atoms with Crippen molar-refractivity contribution in [3.05, 3.63) is 30.1 Å². The second-order valence-electron chi connectivity index (χ2n) is 3.14. The van der Waals surface area contributed by atoms with E-state index in [1.54, 1.807) is 6.20 Å². The molecular weight excluding hydrogens is 178 g/mol. The van der Waals surface area contributed by atoms with Crippen molar-refractivity contribution in [2.75, 3.05) is 0 Å². The number of aromatic nitrogens is 2. The van der Waals surface area contributed by atoms with Crippen molar-refractivity contribution in [1.82, 2.24) is 15.3 Å². The van der Waals surface area contributed by atoms with Gasteiger partial charge in [0.1, 0.15) is 0 Å². The molecule has 2 N–H and O–H groups in total. The normalized spacial score (nSPS) is 10.4. The lowest BCUT2D eigenvalue weighted by atomic mass is 10.4. The molecule has 0 aromatic carbocycles. The van der Waals surface area contributed by atoms with Crippen molar-refractivity contribution in [3.63, 3.8) is 0 Å². The molecule has 0 bridgehead atoms. The molecule has 72 valence electrons. The third-order valence-corrected chi connectivity index (χ3v) is 1.97. The van der Waals surface area contributed by atoms with Crippen LogP contribution >= 0.6 is 0 Å². The number of pyridine rings is 1. The number of rotatable bonds is 2. The Morgan fingerprint density at radius 1 is 1.64 bits per heavy atom. The topological polar surface area (TPSA) is 57.8 Å². The van der Waals surface area contributed by atoms with Gasteiger partial charge in [-0.25, -0.2) is 0 Å². The van der Waals surface area contributed by atoms with Crippen LogP contribution in [0.2, 0.25) is 0 Å². The number of H-pyrrole nitrogens is 1. The number of carbonyl (C=O) groups excluding carboxylic acids is 1. The first kappa shape index (κ1) is 8.74. The van der Waals surface area contributed by atoms with E-state index < -0.39 is 0 Å². The summed E-state index contributed by atoms with van der Waals surface area (Å²) in [5, 5.41) is 2.72. The molecule has 0 radical (unpaired) electrons. The molecule has 0 saturated heterocycles. The van der Waals surface area contributed by atoms with Gasteiger partial charge in [-0.15, -0.1) is 0 Å². The Labute approximate surface area is 81.3 Å². The molecule has 0 saturated carbocycles. The van der Waals surface area contributed by atoms with Crippen molar-refractivity contribution < 1.29 is 4.79 Å². The molecule has 1 amide bonds. The molecule has 2 heterocycles. The van der Waals surface area contributed by atoms with Crippen LogP contribution in [0.5, 0.6) is 0 Å². The molecule has 14 heavy (non-hydrogen) atoms. The summed E-state index contributed by atoms with van der Waals surface area (Å²) in [5.41, 5.74) is 2.88. The second kappa shape index (κ2) is 3.49. The lowest BCUT2D eigenvalue weighted by Gasteiger charge is -1.97. The number of nitrogens with one attached hydrogen (secondary N) is 2. The minimum absolute atomic E-state index is 0.0309. The number of aromatic amines is 1. The summed E-state index contributed by atoms with van der Waals surface area (Å²) in [6.45, 7) is 2.02. The number of carbonyl (C=O) groups is 1. The first-order chi connectivity index (χ1) is 6.75. The van der Waals surface area contributed by atoms with Gasteiger partial charge in [0.25, 0.3) is 0 Å². The van der Waals surface area contributed by atoms with Crippen LogP contribution in [0.25, 0.3) is 11.0 Å². The van der Waals surface area contributed by atoms with Gasteiger partial charge in [0.05, 0.1) is 17.6 Å². The molecule has 2 rings (SSSR count). The maximum Gasteiger partial charge on any atom is 0.217 e. The monoisotopic (exact) mass is 189 g/mol. The Morgan fingerprint density at radius 3 is 3.21 bits per heavy atom. The van der Waals surface area contributed by atoms with E-state index in [9.17, 15) is 4.79 Å². The smallest absolute Gasteiger partial charge is 0.217 e. The van der Waals surface area contributed by atoms with E-state index in [4.69, 9.17) is 0 Å². The minimum atomic E-state index is -0.0309. The fourth-order valence-corrected chi connectivity index (χ4v) is 1.33. The summed E-state index contributed by atoms with van der Waals surface area (Å²) >= 11 is 0. The van der Waals surface area contributed by atoms with E-state index in [-0.39, 0.29) is 5.91 Å². The Balaban J connectivity index is 2.22. The summed E-state index contributed by atoms with van der Waals surface area (Å²) in [6, 6.07) is 5.77. The number of nitrogens with zero attached hydrogens (tertiary/aromatic N) is 1. The average molecular weight is 189 g/mol. The van der Waals surface area contributed by atoms with Crippen molar-refractivity contribution in [2.45, 2.75) is 13.5 Å². The molecule has 0 aliphatic rings. The van der Waals surface area contributed by atoms with Crippen molar-refractivity contribution in [1.29, 1.82) is 0 Å². The van der Waals surface area contributed by atoms with E-state index in [0.29, 0.717) is 6.54 Å². The molecule has 0 aliphatic carbocycles. The van der Waals surface area contributed by atoms with Gasteiger partial charge in [-0.2, -0.15) is 0 Å². The van der Waals surface area contributed by atoms with E-state index >= 15 is 0 Å². The molecule has 2 aromatic heterocycles. The van der Waals surface area contributed by atoms with E-state index in [0.717, 1.165) is 16.7 Å². The van der Waals surface area contributed by atoms with Crippen LogP contribution in [0.3, 0.4) is 0 Å². The van der Waals surface area contributed by atoms with Gasteiger partial charge in [0.15, 0.2) is 0 Å². The lowest BCUT2D eigenvalue weighted by molar-refractivity contribution is -0.119. The predicted octanol–water partition coefficient (Wildman–Crippen LogP) is 1.20. The highest BCUT2D eigenvalue weighted by molar-refractivity contribution is 5.76. The molecule has 0 aliphatic heterocycles. The number of fused-ring (bicyclic) bond motifs is 1. The summed E-state index contributed by atoms with van der Waals surface area (Å²) in [7, 11) is 0. The Bertz CT molecular complexity index is 428. The van der Waals surface area contributed by atoms with Crippen molar-refractivity contribution in [3.8, 4) is 0 Å². The van der Waals surface area contributed by atoms with Gasteiger partial charge >= 0.3 is 0 Å². The Hall–Kier alpha value is -1.84. The van der Waals surface area contributed by atoms with Crippen LogP contribution < -0.4 is 5.32 Å². The highest BCUT2D eigenvalue weighted by Gasteiger charge is 2.00. The zero-order valence-corrected chi connectivity index (χ0v) is 7.87. The van der Waals surface area contributed by atoms with Crippen LogP contribution in [0, 0.1) is 0 Å². The van der Waals surface area contributed by atoms with Crippen LogP contribution in [-0.4, -0.2) is 15.9 Å². The van der Waals surface area contributed by atoms with Crippen LogP contribution in [0.1, 0.15) is 12.6 Å². The summed E-state index contributed by atoms with van der Waals surface area (Å²) in [5.74, 6) is -0.0309. The Morgan fingerprint density at radius 2 is 2.50 bits per heavy atom. The van der Waals surface area contributed by atoms with E-state index in [1.165, 1.54) is 6.92 Å². The molecule has 0 unspecified atom stereocenters. The Kier molecular flexibility index (Phi) is 2.18. The fourth-order valence-electron chi connectivity index (χ4n) is 1.33. The third kappa shape index (κ3) is 1.74. The van der Waals surface area contributed by atoms with Crippen LogP contribution in [0.4, 0.5) is 0 Å². The first-order valence-corrected chi connectivity index (χ1v) is 4.43. The standard InChI is InChI=1S/C10H11N3O/c1-7(14)12-6-8-5-10-9(13-8)3-2-4-11-10/h2-5,13H,6H2,1H3,(H,12,14). The molecule has 4 nitrogen and oxygen atoms in total. The summed E-state index contributed by atoms with van der Waals surface area (Å²) in [6.07, 6.45) is 1.75. The zero-order chi connectivity index (χ0) is 9.97. The molecule has 2 aromatic rings. The molecule has 0 fully saturated rings. The summed E-state index contributed by atoms with van der Waals surface area (Å²) < 4.78 is 0. The highest BCUT2D eigenvalue weighted by Crippen LogP contribution is 2.11. The van der Waals surface area contributed by atoms with Crippen LogP contribution in [-0.2, 0) is 11.3 Å². The van der Waals surface area contributed by atoms with Crippen LogP contribution in [0.15, 0.2) is 24.4 Å². The largest absolute Gasteiger partial charge is 0.356 e. The van der Waals surface area contributed by atoms with Gasteiger partial charge in [0.2, 0.25) is 5.91 Å². The fraction of sp³-hybridized carbons (Fsp3) is 0.200. The number of hydrogen-bond acceptors (Lipinski definition) is 2.